The van der Waals surface area contributed by atoms with Gasteiger partial charge in [0.05, 0.1) is 23.6 Å². The van der Waals surface area contributed by atoms with Gasteiger partial charge in [0, 0.05) is 30.9 Å². The summed E-state index contributed by atoms with van der Waals surface area (Å²) in [5, 5.41) is 10.9. The molecule has 1 amide bonds. The molecule has 0 radical (unpaired) electrons. The molecule has 34 heavy (non-hydrogen) atoms. The largest absolute Gasteiger partial charge is 0.467 e. The Morgan fingerprint density at radius 3 is 2.32 bits per heavy atom. The van der Waals surface area contributed by atoms with E-state index in [0.29, 0.717) is 5.57 Å². The molecule has 1 aromatic carbocycles. The maximum atomic E-state index is 13.2. The maximum absolute atomic E-state index is 13.2. The van der Waals surface area contributed by atoms with Gasteiger partial charge in [-0.15, -0.1) is 11.6 Å². The van der Waals surface area contributed by atoms with Crippen LogP contribution in [-0.4, -0.2) is 64.1 Å². The lowest BCUT2D eigenvalue weighted by Crippen LogP contribution is -2.57. The summed E-state index contributed by atoms with van der Waals surface area (Å²) in [7, 11) is 1.20. The molecule has 2 rings (SSSR count). The molecule has 10 nitrogen and oxygen atoms in total. The first-order valence-electron chi connectivity index (χ1n) is 10.5. The van der Waals surface area contributed by atoms with Gasteiger partial charge in [-0.05, 0) is 39.8 Å². The number of nitro benzene ring substituents is 1. The van der Waals surface area contributed by atoms with Crippen molar-refractivity contribution < 1.29 is 33.5 Å². The Bertz CT molecular complexity index is 972. The van der Waals surface area contributed by atoms with Crippen LogP contribution in [0.2, 0.25) is 0 Å². The van der Waals surface area contributed by atoms with Crippen molar-refractivity contribution in [2.24, 2.45) is 0 Å². The second kappa shape index (κ2) is 10.4. The topological polar surface area (TPSA) is 125 Å². The third-order valence-electron chi connectivity index (χ3n) is 5.40. The molecule has 1 heterocycles. The normalized spacial score (nSPS) is 22.1. The number of alkyl halides is 1. The van der Waals surface area contributed by atoms with E-state index >= 15 is 0 Å². The molecule has 1 fully saturated rings. The lowest BCUT2D eigenvalue weighted by atomic mass is 9.88. The fourth-order valence-corrected chi connectivity index (χ4v) is 4.03. The molecule has 0 aliphatic carbocycles. The Kier molecular flexibility index (Phi) is 8.31. The Labute approximate surface area is 202 Å². The first-order valence-corrected chi connectivity index (χ1v) is 11.1. The molecule has 0 spiro atoms. The van der Waals surface area contributed by atoms with Gasteiger partial charge in [0.1, 0.15) is 11.7 Å². The highest BCUT2D eigenvalue weighted by molar-refractivity contribution is 6.19. The minimum Gasteiger partial charge on any atom is -0.467 e. The highest BCUT2D eigenvalue weighted by Gasteiger charge is 2.60. The monoisotopic (exact) mass is 496 g/mol. The number of benzene rings is 1. The first kappa shape index (κ1) is 27.1. The molecule has 0 bridgehead atoms. The van der Waals surface area contributed by atoms with E-state index in [-0.39, 0.29) is 30.0 Å². The Balaban J connectivity index is 2.43. The first-order chi connectivity index (χ1) is 15.8. The van der Waals surface area contributed by atoms with Crippen LogP contribution in [0.1, 0.15) is 50.9 Å². The number of nitro groups is 1. The van der Waals surface area contributed by atoms with Crippen LogP contribution in [0.3, 0.4) is 0 Å². The van der Waals surface area contributed by atoms with Crippen molar-refractivity contribution in [1.82, 2.24) is 4.90 Å². The van der Waals surface area contributed by atoms with Gasteiger partial charge in [-0.3, -0.25) is 15.0 Å². The van der Waals surface area contributed by atoms with E-state index in [9.17, 15) is 24.5 Å². The lowest BCUT2D eigenvalue weighted by molar-refractivity contribution is -0.384. The van der Waals surface area contributed by atoms with Gasteiger partial charge in [-0.1, -0.05) is 12.2 Å². The zero-order chi connectivity index (χ0) is 25.8. The number of carbonyl (C=O) groups is 3. The van der Waals surface area contributed by atoms with E-state index in [0.717, 1.165) is 0 Å². The summed E-state index contributed by atoms with van der Waals surface area (Å²) < 4.78 is 16.2. The van der Waals surface area contributed by atoms with Crippen molar-refractivity contribution in [3.05, 3.63) is 52.1 Å². The van der Waals surface area contributed by atoms with Gasteiger partial charge >= 0.3 is 18.0 Å². The molecule has 3 atom stereocenters. The molecule has 1 aliphatic rings. The predicted octanol–water partition coefficient (Wildman–Crippen LogP) is 4.25. The fourth-order valence-electron chi connectivity index (χ4n) is 3.94. The number of halogens is 1. The van der Waals surface area contributed by atoms with Crippen LogP contribution in [0.15, 0.2) is 36.4 Å². The summed E-state index contributed by atoms with van der Waals surface area (Å²) in [6.45, 7) is 10.6. The van der Waals surface area contributed by atoms with Gasteiger partial charge in [0.25, 0.3) is 5.69 Å². The summed E-state index contributed by atoms with van der Waals surface area (Å²) in [6.07, 6.45) is -1.77. The van der Waals surface area contributed by atoms with Crippen molar-refractivity contribution in [2.45, 2.75) is 63.8 Å². The smallest absolute Gasteiger partial charge is 0.411 e. The van der Waals surface area contributed by atoms with E-state index in [1.165, 1.54) is 36.3 Å². The number of ether oxygens (including phenoxy) is 3. The van der Waals surface area contributed by atoms with Crippen molar-refractivity contribution in [3.8, 4) is 0 Å². The molecule has 0 N–H and O–H groups in total. The minimum atomic E-state index is -1.55. The Morgan fingerprint density at radius 1 is 1.26 bits per heavy atom. The molecular formula is C23H29ClN2O8. The second-order valence-corrected chi connectivity index (χ2v) is 9.39. The molecule has 1 aliphatic heterocycles. The molecule has 11 heteroatoms. The molecular weight excluding hydrogens is 468 g/mol. The number of hydrogen-bond acceptors (Lipinski definition) is 8. The van der Waals surface area contributed by atoms with E-state index in [1.807, 2.05) is 0 Å². The standard InChI is InChI=1S/C23H29ClN2O8/c1-14(13-24)11-23(20(28)32-6)12-18(15(2)25(23)21(29)34-22(3,4)5)33-19(27)16-7-9-17(10-8-16)26(30)31/h7-10,15,18H,1,11-13H2,2-6H3/t15-,18+,23-/m1/s1. The number of carbonyl (C=O) groups excluding carboxylic acids is 3. The number of non-ortho nitro benzene ring substituents is 1. The van der Waals surface area contributed by atoms with Gasteiger partial charge in [0.15, 0.2) is 5.54 Å². The van der Waals surface area contributed by atoms with Gasteiger partial charge < -0.3 is 14.2 Å². The molecule has 186 valence electrons. The van der Waals surface area contributed by atoms with E-state index in [4.69, 9.17) is 25.8 Å². The summed E-state index contributed by atoms with van der Waals surface area (Å²) in [5.74, 6) is -1.43. The highest BCUT2D eigenvalue weighted by atomic mass is 35.5. The highest BCUT2D eigenvalue weighted by Crippen LogP contribution is 2.42. The van der Waals surface area contributed by atoms with Crippen molar-refractivity contribution in [3.63, 3.8) is 0 Å². The predicted molar refractivity (Wildman–Crippen MR) is 124 cm³/mol. The van der Waals surface area contributed by atoms with Crippen molar-refractivity contribution in [2.75, 3.05) is 13.0 Å². The number of likely N-dealkylation sites (tertiary alicyclic amines) is 1. The zero-order valence-corrected chi connectivity index (χ0v) is 20.6. The van der Waals surface area contributed by atoms with Crippen LogP contribution in [0.25, 0.3) is 0 Å². The number of amides is 1. The average molecular weight is 497 g/mol. The Morgan fingerprint density at radius 2 is 1.85 bits per heavy atom. The third-order valence-corrected chi connectivity index (χ3v) is 5.78. The lowest BCUT2D eigenvalue weighted by Gasteiger charge is -2.38. The van der Waals surface area contributed by atoms with Crippen molar-refractivity contribution in [1.29, 1.82) is 0 Å². The maximum Gasteiger partial charge on any atom is 0.411 e. The summed E-state index contributed by atoms with van der Waals surface area (Å²) in [6, 6.07) is 4.15. The van der Waals surface area contributed by atoms with E-state index in [2.05, 4.69) is 6.58 Å². The SMILES string of the molecule is C=C(CCl)C[C@]1(C(=O)OC)C[C@H](OC(=O)c2ccc([N+](=O)[O-])cc2)[C@@H](C)N1C(=O)OC(C)(C)C. The van der Waals surface area contributed by atoms with Gasteiger partial charge in [-0.25, -0.2) is 14.4 Å². The van der Waals surface area contributed by atoms with Gasteiger partial charge in [0.2, 0.25) is 0 Å². The number of hydrogen-bond donors (Lipinski definition) is 0. The van der Waals surface area contributed by atoms with Crippen LogP contribution in [0.5, 0.6) is 0 Å². The number of rotatable bonds is 7. The van der Waals surface area contributed by atoms with Crippen molar-refractivity contribution >= 4 is 35.3 Å². The zero-order valence-electron chi connectivity index (χ0n) is 19.8. The van der Waals surface area contributed by atoms with E-state index in [1.54, 1.807) is 27.7 Å². The van der Waals surface area contributed by atoms with Gasteiger partial charge in [-0.2, -0.15) is 0 Å². The second-order valence-electron chi connectivity index (χ2n) is 9.13. The number of methoxy groups -OCH3 is 1. The van der Waals surface area contributed by atoms with Crippen LogP contribution in [-0.2, 0) is 19.0 Å². The van der Waals surface area contributed by atoms with E-state index < -0.39 is 46.2 Å². The summed E-state index contributed by atoms with van der Waals surface area (Å²) in [4.78, 5) is 50.6. The molecule has 1 aromatic rings. The summed E-state index contributed by atoms with van der Waals surface area (Å²) >= 11 is 5.93. The minimum absolute atomic E-state index is 0.0155. The quantitative estimate of drug-likeness (QED) is 0.137. The summed E-state index contributed by atoms with van der Waals surface area (Å²) in [5.41, 5.74) is -2.01. The molecule has 0 saturated carbocycles. The molecule has 0 aromatic heterocycles. The van der Waals surface area contributed by atoms with Crippen LogP contribution in [0.4, 0.5) is 10.5 Å². The third kappa shape index (κ3) is 5.85. The van der Waals surface area contributed by atoms with Crippen LogP contribution < -0.4 is 0 Å². The molecule has 1 saturated heterocycles. The van der Waals surface area contributed by atoms with Crippen LogP contribution >= 0.6 is 11.6 Å². The number of esters is 2. The average Bonchev–Trinajstić information content (AvgIpc) is 3.03. The number of nitrogens with zero attached hydrogens (tertiary/aromatic N) is 2. The Hall–Kier alpha value is -3.14. The molecule has 0 unspecified atom stereocenters. The fraction of sp³-hybridized carbons (Fsp3) is 0.522. The van der Waals surface area contributed by atoms with Crippen LogP contribution in [0, 0.1) is 10.1 Å².